The summed E-state index contributed by atoms with van der Waals surface area (Å²) in [5.74, 6) is 2.36. The zero-order valence-corrected chi connectivity index (χ0v) is 13.5. The van der Waals surface area contributed by atoms with Gasteiger partial charge in [0.15, 0.2) is 11.6 Å². The molecule has 0 radical (unpaired) electrons. The maximum Gasteiger partial charge on any atom is 0.159 e. The summed E-state index contributed by atoms with van der Waals surface area (Å²) in [6.45, 7) is 3.13. The molecular formula is C17H19N7. The molecule has 0 bridgehead atoms. The quantitative estimate of drug-likeness (QED) is 0.749. The summed E-state index contributed by atoms with van der Waals surface area (Å²) < 4.78 is 1.76. The number of pyridine rings is 1. The van der Waals surface area contributed by atoms with E-state index in [0.717, 1.165) is 29.7 Å². The van der Waals surface area contributed by atoms with Crippen LogP contribution in [0.2, 0.25) is 0 Å². The average molecular weight is 321 g/mol. The van der Waals surface area contributed by atoms with Crippen LogP contribution in [0.15, 0.2) is 43.1 Å². The molecule has 7 heteroatoms. The van der Waals surface area contributed by atoms with Gasteiger partial charge in [0, 0.05) is 12.3 Å². The van der Waals surface area contributed by atoms with Gasteiger partial charge in [0.25, 0.3) is 0 Å². The lowest BCUT2D eigenvalue weighted by Crippen LogP contribution is -2.24. The van der Waals surface area contributed by atoms with E-state index in [2.05, 4.69) is 37.3 Å². The molecule has 0 amide bonds. The molecule has 24 heavy (non-hydrogen) atoms. The largest absolute Gasteiger partial charge is 0.307 e. The number of rotatable bonds is 6. The second-order valence-electron chi connectivity index (χ2n) is 6.08. The van der Waals surface area contributed by atoms with E-state index >= 15 is 0 Å². The van der Waals surface area contributed by atoms with Crippen LogP contribution in [0.3, 0.4) is 0 Å². The SMILES string of the molecule is CC(NCC1CC1)c1ncnn1-c1cc(-c2ccccn2)ncn1. The van der Waals surface area contributed by atoms with E-state index in [1.54, 1.807) is 17.2 Å². The fraction of sp³-hybridized carbons (Fsp3) is 0.353. The summed E-state index contributed by atoms with van der Waals surface area (Å²) in [5.41, 5.74) is 1.57. The van der Waals surface area contributed by atoms with Crippen molar-refractivity contribution >= 4 is 0 Å². The molecule has 0 aromatic carbocycles. The Morgan fingerprint density at radius 2 is 2.04 bits per heavy atom. The van der Waals surface area contributed by atoms with Gasteiger partial charge in [0.1, 0.15) is 12.7 Å². The van der Waals surface area contributed by atoms with Gasteiger partial charge < -0.3 is 5.32 Å². The van der Waals surface area contributed by atoms with E-state index in [-0.39, 0.29) is 6.04 Å². The molecule has 1 unspecified atom stereocenters. The molecule has 0 spiro atoms. The van der Waals surface area contributed by atoms with E-state index in [9.17, 15) is 0 Å². The van der Waals surface area contributed by atoms with Crippen molar-refractivity contribution in [2.75, 3.05) is 6.54 Å². The van der Waals surface area contributed by atoms with Crippen molar-refractivity contribution in [3.8, 4) is 17.2 Å². The van der Waals surface area contributed by atoms with Gasteiger partial charge in [-0.1, -0.05) is 6.07 Å². The molecule has 7 nitrogen and oxygen atoms in total. The Hall–Kier alpha value is -2.67. The summed E-state index contributed by atoms with van der Waals surface area (Å²) in [7, 11) is 0. The van der Waals surface area contributed by atoms with Crippen molar-refractivity contribution in [1.82, 2.24) is 35.0 Å². The van der Waals surface area contributed by atoms with Crippen molar-refractivity contribution in [3.05, 3.63) is 48.9 Å². The third-order valence-corrected chi connectivity index (χ3v) is 4.17. The summed E-state index contributed by atoms with van der Waals surface area (Å²) in [5, 5.41) is 7.86. The molecule has 4 rings (SSSR count). The highest BCUT2D eigenvalue weighted by Crippen LogP contribution is 2.28. The maximum atomic E-state index is 4.41. The standard InChI is InChI=1S/C17H19N7/c1-12(19-9-13-5-6-13)17-22-11-23-24(17)16-8-15(20-10-21-16)14-4-2-3-7-18-14/h2-4,7-8,10-13,19H,5-6,9H2,1H3. The fourth-order valence-electron chi connectivity index (χ4n) is 2.60. The summed E-state index contributed by atoms with van der Waals surface area (Å²) in [6.07, 6.45) is 7.50. The lowest BCUT2D eigenvalue weighted by Gasteiger charge is -2.14. The van der Waals surface area contributed by atoms with E-state index in [4.69, 9.17) is 0 Å². The molecule has 0 saturated heterocycles. The van der Waals surface area contributed by atoms with Crippen molar-refractivity contribution in [2.24, 2.45) is 5.92 Å². The second-order valence-corrected chi connectivity index (χ2v) is 6.08. The Labute approximate surface area is 140 Å². The first-order valence-electron chi connectivity index (χ1n) is 8.18. The minimum atomic E-state index is 0.112. The van der Waals surface area contributed by atoms with Gasteiger partial charge in [0.2, 0.25) is 0 Å². The molecule has 3 heterocycles. The van der Waals surface area contributed by atoms with Gasteiger partial charge in [-0.15, -0.1) is 0 Å². The monoisotopic (exact) mass is 321 g/mol. The second kappa shape index (κ2) is 6.45. The van der Waals surface area contributed by atoms with Crippen LogP contribution in [-0.2, 0) is 0 Å². The zero-order valence-electron chi connectivity index (χ0n) is 13.5. The van der Waals surface area contributed by atoms with Crippen LogP contribution in [-0.4, -0.2) is 36.3 Å². The molecule has 122 valence electrons. The van der Waals surface area contributed by atoms with E-state index < -0.39 is 0 Å². The fourth-order valence-corrected chi connectivity index (χ4v) is 2.60. The third kappa shape index (κ3) is 3.16. The highest BCUT2D eigenvalue weighted by atomic mass is 15.4. The third-order valence-electron chi connectivity index (χ3n) is 4.17. The molecule has 1 fully saturated rings. The molecule has 1 saturated carbocycles. The summed E-state index contributed by atoms with van der Waals surface area (Å²) in [4.78, 5) is 17.4. The highest BCUT2D eigenvalue weighted by molar-refractivity contribution is 5.55. The minimum absolute atomic E-state index is 0.112. The van der Waals surface area contributed by atoms with Gasteiger partial charge in [0.05, 0.1) is 17.4 Å². The molecular weight excluding hydrogens is 302 g/mol. The smallest absolute Gasteiger partial charge is 0.159 e. The number of nitrogens with one attached hydrogen (secondary N) is 1. The molecule has 3 aromatic heterocycles. The molecule has 1 aliphatic carbocycles. The Morgan fingerprint density at radius 1 is 1.12 bits per heavy atom. The van der Waals surface area contributed by atoms with Crippen LogP contribution in [0.25, 0.3) is 17.2 Å². The van der Waals surface area contributed by atoms with Crippen LogP contribution in [0.4, 0.5) is 0 Å². The molecule has 1 atom stereocenters. The molecule has 1 N–H and O–H groups in total. The topological polar surface area (TPSA) is 81.4 Å². The van der Waals surface area contributed by atoms with Crippen LogP contribution in [0.5, 0.6) is 0 Å². The summed E-state index contributed by atoms with van der Waals surface area (Å²) >= 11 is 0. The first kappa shape index (κ1) is 14.9. The molecule has 1 aliphatic rings. The lowest BCUT2D eigenvalue weighted by molar-refractivity contribution is 0.513. The first-order chi connectivity index (χ1) is 11.8. The maximum absolute atomic E-state index is 4.41. The van der Waals surface area contributed by atoms with Crippen LogP contribution < -0.4 is 5.32 Å². The average Bonchev–Trinajstić information content (AvgIpc) is 3.34. The van der Waals surface area contributed by atoms with Gasteiger partial charge >= 0.3 is 0 Å². The minimum Gasteiger partial charge on any atom is -0.307 e. The predicted octanol–water partition coefficient (Wildman–Crippen LogP) is 2.18. The number of nitrogens with zero attached hydrogens (tertiary/aromatic N) is 6. The number of hydrogen-bond acceptors (Lipinski definition) is 6. The van der Waals surface area contributed by atoms with Gasteiger partial charge in [-0.05, 0) is 44.4 Å². The predicted molar refractivity (Wildman–Crippen MR) is 89.3 cm³/mol. The van der Waals surface area contributed by atoms with E-state index in [1.807, 2.05) is 24.3 Å². The van der Waals surface area contributed by atoms with Crippen molar-refractivity contribution < 1.29 is 0 Å². The van der Waals surface area contributed by atoms with E-state index in [0.29, 0.717) is 5.82 Å². The van der Waals surface area contributed by atoms with Crippen molar-refractivity contribution in [2.45, 2.75) is 25.8 Å². The van der Waals surface area contributed by atoms with Crippen molar-refractivity contribution in [3.63, 3.8) is 0 Å². The first-order valence-corrected chi connectivity index (χ1v) is 8.18. The van der Waals surface area contributed by atoms with Crippen LogP contribution in [0, 0.1) is 5.92 Å². The summed E-state index contributed by atoms with van der Waals surface area (Å²) in [6, 6.07) is 7.74. The van der Waals surface area contributed by atoms with Crippen LogP contribution >= 0.6 is 0 Å². The van der Waals surface area contributed by atoms with Gasteiger partial charge in [-0.25, -0.2) is 15.0 Å². The van der Waals surface area contributed by atoms with Crippen molar-refractivity contribution in [1.29, 1.82) is 0 Å². The number of hydrogen-bond donors (Lipinski definition) is 1. The Kier molecular flexibility index (Phi) is 4.00. The highest BCUT2D eigenvalue weighted by Gasteiger charge is 2.23. The Morgan fingerprint density at radius 3 is 2.83 bits per heavy atom. The van der Waals surface area contributed by atoms with Crippen LogP contribution in [0.1, 0.15) is 31.6 Å². The Balaban J connectivity index is 1.61. The normalized spacial score (nSPS) is 15.4. The zero-order chi connectivity index (χ0) is 16.4. The Bertz CT molecular complexity index is 811. The number of aromatic nitrogens is 6. The molecule has 3 aromatic rings. The van der Waals surface area contributed by atoms with E-state index in [1.165, 1.54) is 19.2 Å². The molecule has 0 aliphatic heterocycles. The lowest BCUT2D eigenvalue weighted by atomic mass is 10.2. The van der Waals surface area contributed by atoms with Gasteiger partial charge in [-0.2, -0.15) is 9.78 Å². The van der Waals surface area contributed by atoms with Gasteiger partial charge in [-0.3, -0.25) is 4.98 Å².